The van der Waals surface area contributed by atoms with Gasteiger partial charge < -0.3 is 14.7 Å². The van der Waals surface area contributed by atoms with Gasteiger partial charge in [-0.15, -0.1) is 6.42 Å². The molecule has 3 aliphatic rings. The van der Waals surface area contributed by atoms with E-state index in [1.165, 1.54) is 5.56 Å². The molecule has 0 spiro atoms. The van der Waals surface area contributed by atoms with Gasteiger partial charge in [-0.05, 0) is 18.6 Å². The van der Waals surface area contributed by atoms with Crippen LogP contribution in [0.1, 0.15) is 12.0 Å². The van der Waals surface area contributed by atoms with Gasteiger partial charge in [0.25, 0.3) is 0 Å². The number of aliphatic hydroxyl groups excluding tert-OH is 1. The number of hydrogen-bond acceptors (Lipinski definition) is 7. The van der Waals surface area contributed by atoms with Crippen LogP contribution in [0, 0.1) is 12.3 Å². The number of benzene rings is 1. The van der Waals surface area contributed by atoms with Gasteiger partial charge in [0.05, 0.1) is 29.4 Å². The standard InChI is InChI=1S/C18H20N4O2S/c1-2-7-21-8-5-12-13(10-21)22(17(23)19-12)18-20-16-11-6-9-24-14(11)3-4-15(16)25-18/h1,3-4,12-13,17,19,23H,5-10H2/t12-,13+,17?/m0/s1. The molecule has 5 rings (SSSR count). The van der Waals surface area contributed by atoms with E-state index >= 15 is 0 Å². The monoisotopic (exact) mass is 356 g/mol. The Hall–Kier alpha value is -1.85. The van der Waals surface area contributed by atoms with Gasteiger partial charge in [0.2, 0.25) is 0 Å². The van der Waals surface area contributed by atoms with Gasteiger partial charge in [-0.3, -0.25) is 10.2 Å². The number of nitrogens with zero attached hydrogens (tertiary/aromatic N) is 3. The van der Waals surface area contributed by atoms with Crippen LogP contribution in [0.25, 0.3) is 10.2 Å². The van der Waals surface area contributed by atoms with Crippen molar-refractivity contribution in [3.05, 3.63) is 17.7 Å². The normalized spacial score (nSPS) is 28.6. The number of aliphatic hydroxyl groups is 1. The van der Waals surface area contributed by atoms with Gasteiger partial charge >= 0.3 is 0 Å². The van der Waals surface area contributed by atoms with E-state index in [-0.39, 0.29) is 12.1 Å². The number of terminal acetylenes is 1. The van der Waals surface area contributed by atoms with E-state index in [0.29, 0.717) is 6.54 Å². The maximum atomic E-state index is 10.6. The van der Waals surface area contributed by atoms with Crippen molar-refractivity contribution in [3.63, 3.8) is 0 Å². The number of nitrogens with one attached hydrogen (secondary N) is 1. The first-order valence-electron chi connectivity index (χ1n) is 8.68. The minimum Gasteiger partial charge on any atom is -0.493 e. The quantitative estimate of drug-likeness (QED) is 0.783. The number of fused-ring (bicyclic) bond motifs is 4. The van der Waals surface area contributed by atoms with E-state index in [0.717, 1.165) is 53.6 Å². The molecular weight excluding hydrogens is 336 g/mol. The number of hydrogen-bond donors (Lipinski definition) is 2. The molecule has 0 saturated carbocycles. The van der Waals surface area contributed by atoms with Crippen LogP contribution < -0.4 is 15.0 Å². The fourth-order valence-corrected chi connectivity index (χ4v) is 5.29. The third kappa shape index (κ3) is 2.41. The summed E-state index contributed by atoms with van der Waals surface area (Å²) < 4.78 is 6.80. The highest BCUT2D eigenvalue weighted by Gasteiger charge is 2.44. The summed E-state index contributed by atoms with van der Waals surface area (Å²) >= 11 is 1.64. The smallest absolute Gasteiger partial charge is 0.189 e. The third-order valence-corrected chi connectivity index (χ3v) is 6.44. The van der Waals surface area contributed by atoms with Gasteiger partial charge in [0.15, 0.2) is 11.5 Å². The molecule has 7 heteroatoms. The maximum absolute atomic E-state index is 10.6. The Bertz CT molecular complexity index is 861. The van der Waals surface area contributed by atoms with Crippen LogP contribution in [0.4, 0.5) is 5.13 Å². The molecule has 0 amide bonds. The molecule has 25 heavy (non-hydrogen) atoms. The van der Waals surface area contributed by atoms with Crippen LogP contribution in [0.3, 0.4) is 0 Å². The van der Waals surface area contributed by atoms with Crippen LogP contribution >= 0.6 is 11.3 Å². The van der Waals surface area contributed by atoms with Crippen LogP contribution in [0.15, 0.2) is 12.1 Å². The molecular formula is C18H20N4O2S. The molecule has 1 unspecified atom stereocenters. The lowest BCUT2D eigenvalue weighted by molar-refractivity contribution is 0.155. The Kier molecular flexibility index (Phi) is 3.61. The number of thiazole rings is 1. The van der Waals surface area contributed by atoms with Crippen molar-refractivity contribution in [1.29, 1.82) is 0 Å². The van der Waals surface area contributed by atoms with Gasteiger partial charge in [-0.1, -0.05) is 17.3 Å². The fourth-order valence-electron chi connectivity index (χ4n) is 4.21. The van der Waals surface area contributed by atoms with Crippen LogP contribution in [0.5, 0.6) is 5.75 Å². The summed E-state index contributed by atoms with van der Waals surface area (Å²) in [6.07, 6.45) is 6.66. The minimum atomic E-state index is -0.703. The average Bonchev–Trinajstić information content (AvgIpc) is 3.28. The number of aromatic nitrogens is 1. The van der Waals surface area contributed by atoms with Gasteiger partial charge in [0, 0.05) is 31.1 Å². The molecule has 2 aromatic rings. The van der Waals surface area contributed by atoms with Gasteiger partial charge in [-0.25, -0.2) is 4.98 Å². The molecule has 130 valence electrons. The SMILES string of the molecule is C#CCN1CC[C@@H]2NC(O)N(c3nc4c5c(ccc4s3)OCC5)[C@@H]2C1. The topological polar surface area (TPSA) is 60.9 Å². The third-order valence-electron chi connectivity index (χ3n) is 5.41. The predicted octanol–water partition coefficient (Wildman–Crippen LogP) is 0.993. The average molecular weight is 356 g/mol. The summed E-state index contributed by atoms with van der Waals surface area (Å²) in [5, 5.41) is 14.8. The molecule has 1 aromatic heterocycles. The molecule has 0 radical (unpaired) electrons. The lowest BCUT2D eigenvalue weighted by Gasteiger charge is -2.36. The zero-order chi connectivity index (χ0) is 17.0. The van der Waals surface area contributed by atoms with E-state index in [2.05, 4.69) is 22.2 Å². The molecule has 2 fully saturated rings. The fraction of sp³-hybridized carbons (Fsp3) is 0.500. The Labute approximate surface area is 150 Å². The van der Waals surface area contributed by atoms with E-state index in [4.69, 9.17) is 16.1 Å². The Morgan fingerprint density at radius 3 is 3.28 bits per heavy atom. The van der Waals surface area contributed by atoms with Crippen molar-refractivity contribution in [1.82, 2.24) is 15.2 Å². The highest BCUT2D eigenvalue weighted by atomic mass is 32.1. The first-order valence-corrected chi connectivity index (χ1v) is 9.50. The minimum absolute atomic E-state index is 0.182. The highest BCUT2D eigenvalue weighted by Crippen LogP contribution is 2.40. The van der Waals surface area contributed by atoms with Crippen LogP contribution in [-0.2, 0) is 6.42 Å². The number of ether oxygens (including phenoxy) is 1. The van der Waals surface area contributed by atoms with Crippen molar-refractivity contribution in [2.75, 3.05) is 31.1 Å². The predicted molar refractivity (Wildman–Crippen MR) is 97.9 cm³/mol. The molecule has 2 N–H and O–H groups in total. The molecule has 0 aliphatic carbocycles. The summed E-state index contributed by atoms with van der Waals surface area (Å²) in [7, 11) is 0. The first kappa shape index (κ1) is 15.4. The second-order valence-electron chi connectivity index (χ2n) is 6.83. The van der Waals surface area contributed by atoms with Crippen molar-refractivity contribution < 1.29 is 9.84 Å². The Morgan fingerprint density at radius 2 is 2.40 bits per heavy atom. The van der Waals surface area contributed by atoms with Crippen molar-refractivity contribution in [2.24, 2.45) is 0 Å². The number of piperidine rings is 1. The van der Waals surface area contributed by atoms with Crippen LogP contribution in [0.2, 0.25) is 0 Å². The molecule has 4 heterocycles. The number of likely N-dealkylation sites (tertiary alicyclic amines) is 1. The number of rotatable bonds is 2. The second kappa shape index (κ2) is 5.85. The molecule has 0 bridgehead atoms. The van der Waals surface area contributed by atoms with Crippen molar-refractivity contribution >= 4 is 26.7 Å². The zero-order valence-corrected chi connectivity index (χ0v) is 14.6. The summed E-state index contributed by atoms with van der Waals surface area (Å²) in [5.74, 6) is 3.68. The molecule has 1 aromatic carbocycles. The molecule has 3 atom stereocenters. The van der Waals surface area contributed by atoms with E-state index in [1.807, 2.05) is 11.0 Å². The molecule has 2 saturated heterocycles. The van der Waals surface area contributed by atoms with E-state index < -0.39 is 6.35 Å². The Morgan fingerprint density at radius 1 is 1.48 bits per heavy atom. The van der Waals surface area contributed by atoms with Crippen LogP contribution in [-0.4, -0.2) is 59.7 Å². The van der Waals surface area contributed by atoms with Crippen molar-refractivity contribution in [2.45, 2.75) is 31.3 Å². The first-order chi connectivity index (χ1) is 12.2. The second-order valence-corrected chi connectivity index (χ2v) is 7.84. The largest absolute Gasteiger partial charge is 0.493 e. The van der Waals surface area contributed by atoms with E-state index in [1.54, 1.807) is 11.3 Å². The summed E-state index contributed by atoms with van der Waals surface area (Å²) in [6, 6.07) is 4.55. The van der Waals surface area contributed by atoms with Crippen molar-refractivity contribution in [3.8, 4) is 18.1 Å². The van der Waals surface area contributed by atoms with Gasteiger partial charge in [0.1, 0.15) is 5.75 Å². The van der Waals surface area contributed by atoms with E-state index in [9.17, 15) is 5.11 Å². The summed E-state index contributed by atoms with van der Waals surface area (Å²) in [4.78, 5) is 9.18. The maximum Gasteiger partial charge on any atom is 0.189 e. The summed E-state index contributed by atoms with van der Waals surface area (Å²) in [5.41, 5.74) is 2.21. The lowest BCUT2D eigenvalue weighted by Crippen LogP contribution is -2.52. The number of anilines is 1. The highest BCUT2D eigenvalue weighted by molar-refractivity contribution is 7.22. The molecule has 3 aliphatic heterocycles. The Balaban J connectivity index is 1.51. The van der Waals surface area contributed by atoms with Gasteiger partial charge in [-0.2, -0.15) is 0 Å². The zero-order valence-electron chi connectivity index (χ0n) is 13.8. The molecule has 6 nitrogen and oxygen atoms in total. The lowest BCUT2D eigenvalue weighted by atomic mass is 10.0. The summed E-state index contributed by atoms with van der Waals surface area (Å²) in [6.45, 7) is 3.18.